The number of carboxylic acid groups (broad SMARTS) is 1. The van der Waals surface area contributed by atoms with Gasteiger partial charge in [0.25, 0.3) is 5.91 Å². The fourth-order valence-corrected chi connectivity index (χ4v) is 2.19. The Bertz CT molecular complexity index is 529. The van der Waals surface area contributed by atoms with E-state index in [-0.39, 0.29) is 18.2 Å². The molecule has 108 valence electrons. The van der Waals surface area contributed by atoms with Crippen LogP contribution in [0.4, 0.5) is 0 Å². The first-order valence-electron chi connectivity index (χ1n) is 6.40. The fraction of sp³-hybridized carbons (Fsp3) is 0.462. The molecule has 0 unspecified atom stereocenters. The van der Waals surface area contributed by atoms with E-state index in [9.17, 15) is 14.4 Å². The van der Waals surface area contributed by atoms with Crippen LogP contribution < -0.4 is 0 Å². The van der Waals surface area contributed by atoms with Gasteiger partial charge in [-0.3, -0.25) is 19.3 Å². The van der Waals surface area contributed by atoms with E-state index in [2.05, 4.69) is 4.98 Å². The number of ketones is 1. The summed E-state index contributed by atoms with van der Waals surface area (Å²) in [4.78, 5) is 40.3. The van der Waals surface area contributed by atoms with E-state index >= 15 is 0 Å². The van der Waals surface area contributed by atoms with Crippen molar-refractivity contribution in [1.29, 1.82) is 0 Å². The molecule has 2 rings (SSSR count). The Kier molecular flexibility index (Phi) is 4.19. The number of nitrogens with zero attached hydrogens (tertiary/aromatic N) is 2. The molecule has 0 saturated carbocycles. The average Bonchev–Trinajstić information content (AvgIpc) is 2.88. The normalized spacial score (nSPS) is 16.1. The maximum atomic E-state index is 12.2. The number of carbonyl (C=O) groups excluding carboxylic acids is 2. The Labute approximate surface area is 116 Å². The Balaban J connectivity index is 1.94. The summed E-state index contributed by atoms with van der Waals surface area (Å²) in [5, 5.41) is 8.71. The van der Waals surface area contributed by atoms with Crippen molar-refractivity contribution in [3.63, 3.8) is 0 Å². The van der Waals surface area contributed by atoms with Crippen LogP contribution in [0.25, 0.3) is 0 Å². The van der Waals surface area contributed by atoms with Gasteiger partial charge in [0.05, 0.1) is 6.54 Å². The van der Waals surface area contributed by atoms with E-state index in [0.29, 0.717) is 37.4 Å². The maximum absolute atomic E-state index is 12.2. The average molecular weight is 279 g/mol. The molecule has 0 bridgehead atoms. The summed E-state index contributed by atoms with van der Waals surface area (Å²) in [7, 11) is 0. The van der Waals surface area contributed by atoms with Crippen LogP contribution in [0.15, 0.2) is 12.3 Å². The topological polar surface area (TPSA) is 93.7 Å². The first-order chi connectivity index (χ1) is 9.47. The molecular formula is C13H17N3O4. The molecule has 0 aromatic carbocycles. The van der Waals surface area contributed by atoms with Gasteiger partial charge in [0, 0.05) is 37.9 Å². The number of carbonyl (C=O) groups is 3. The van der Waals surface area contributed by atoms with Gasteiger partial charge in [0.15, 0.2) is 5.78 Å². The number of aromatic nitrogens is 1. The molecule has 2 N–H and O–H groups in total. The lowest BCUT2D eigenvalue weighted by atomic mass is 10.2. The van der Waals surface area contributed by atoms with Crippen LogP contribution >= 0.6 is 0 Å². The maximum Gasteiger partial charge on any atom is 0.317 e. The van der Waals surface area contributed by atoms with Crippen LogP contribution in [0.1, 0.15) is 27.8 Å². The van der Waals surface area contributed by atoms with Gasteiger partial charge in [-0.1, -0.05) is 0 Å². The number of aromatic amines is 1. The Hall–Kier alpha value is -2.15. The number of aliphatic carboxylic acids is 1. The van der Waals surface area contributed by atoms with Crippen molar-refractivity contribution < 1.29 is 19.5 Å². The summed E-state index contributed by atoms with van der Waals surface area (Å²) in [6.45, 7) is 3.50. The zero-order valence-corrected chi connectivity index (χ0v) is 11.3. The summed E-state index contributed by atoms with van der Waals surface area (Å²) in [5.74, 6) is -1.11. The molecule has 7 nitrogen and oxygen atoms in total. The van der Waals surface area contributed by atoms with Crippen molar-refractivity contribution >= 4 is 17.7 Å². The lowest BCUT2D eigenvalue weighted by molar-refractivity contribution is -0.138. The van der Waals surface area contributed by atoms with E-state index in [1.54, 1.807) is 15.9 Å². The van der Waals surface area contributed by atoms with Crippen molar-refractivity contribution in [2.45, 2.75) is 6.92 Å². The number of amides is 1. The lowest BCUT2D eigenvalue weighted by Gasteiger charge is -2.33. The second-order valence-corrected chi connectivity index (χ2v) is 4.82. The minimum atomic E-state index is -0.861. The number of nitrogens with one attached hydrogen (secondary N) is 1. The van der Waals surface area contributed by atoms with E-state index < -0.39 is 5.97 Å². The van der Waals surface area contributed by atoms with Crippen LogP contribution in [0.2, 0.25) is 0 Å². The van der Waals surface area contributed by atoms with Crippen molar-refractivity contribution in [3.05, 3.63) is 23.5 Å². The monoisotopic (exact) mass is 279 g/mol. The predicted octanol–water partition coefficient (Wildman–Crippen LogP) is 0.0597. The van der Waals surface area contributed by atoms with Crippen molar-refractivity contribution in [1.82, 2.24) is 14.8 Å². The Morgan fingerprint density at radius 3 is 2.40 bits per heavy atom. The molecule has 1 amide bonds. The SMILES string of the molecule is CC(=O)c1c[nH]c(C(=O)N2CCN(CC(=O)O)CC2)c1. The van der Waals surface area contributed by atoms with E-state index in [1.807, 2.05) is 0 Å². The Morgan fingerprint density at radius 2 is 1.90 bits per heavy atom. The highest BCUT2D eigenvalue weighted by molar-refractivity contribution is 5.99. The highest BCUT2D eigenvalue weighted by atomic mass is 16.4. The van der Waals surface area contributed by atoms with E-state index in [1.165, 1.54) is 13.1 Å². The number of hydrogen-bond acceptors (Lipinski definition) is 4. The van der Waals surface area contributed by atoms with Gasteiger partial charge < -0.3 is 15.0 Å². The summed E-state index contributed by atoms with van der Waals surface area (Å²) < 4.78 is 0. The minimum absolute atomic E-state index is 0.000975. The zero-order valence-electron chi connectivity index (χ0n) is 11.3. The molecule has 1 aliphatic rings. The van der Waals surface area contributed by atoms with Gasteiger partial charge in [-0.15, -0.1) is 0 Å². The van der Waals surface area contributed by atoms with Gasteiger partial charge in [0.2, 0.25) is 0 Å². The van der Waals surface area contributed by atoms with Crippen LogP contribution in [0, 0.1) is 0 Å². The van der Waals surface area contributed by atoms with Crippen LogP contribution in [0.5, 0.6) is 0 Å². The number of piperazine rings is 1. The largest absolute Gasteiger partial charge is 0.480 e. The van der Waals surface area contributed by atoms with Crippen LogP contribution in [-0.4, -0.2) is 70.3 Å². The summed E-state index contributed by atoms with van der Waals surface area (Å²) in [6.07, 6.45) is 1.52. The van der Waals surface area contributed by atoms with Gasteiger partial charge in [-0.05, 0) is 13.0 Å². The van der Waals surface area contributed by atoms with Crippen molar-refractivity contribution in [3.8, 4) is 0 Å². The smallest absolute Gasteiger partial charge is 0.317 e. The summed E-state index contributed by atoms with van der Waals surface area (Å²) in [5.41, 5.74) is 0.875. The van der Waals surface area contributed by atoms with Crippen LogP contribution in [-0.2, 0) is 4.79 Å². The number of hydrogen-bond donors (Lipinski definition) is 2. The second kappa shape index (κ2) is 5.87. The first-order valence-corrected chi connectivity index (χ1v) is 6.40. The highest BCUT2D eigenvalue weighted by Crippen LogP contribution is 2.10. The first kappa shape index (κ1) is 14.3. The fourth-order valence-electron chi connectivity index (χ4n) is 2.19. The third kappa shape index (κ3) is 3.24. The number of Topliss-reactive ketones (excluding diaryl/α,β-unsaturated/α-hetero) is 1. The molecule has 0 aliphatic carbocycles. The molecule has 0 radical (unpaired) electrons. The molecule has 1 fully saturated rings. The van der Waals surface area contributed by atoms with Crippen molar-refractivity contribution in [2.75, 3.05) is 32.7 Å². The number of H-pyrrole nitrogens is 1. The third-order valence-corrected chi connectivity index (χ3v) is 3.34. The molecule has 0 spiro atoms. The number of rotatable bonds is 4. The predicted molar refractivity (Wildman–Crippen MR) is 70.8 cm³/mol. The lowest BCUT2D eigenvalue weighted by Crippen LogP contribution is -2.49. The molecule has 20 heavy (non-hydrogen) atoms. The Morgan fingerprint density at radius 1 is 1.25 bits per heavy atom. The van der Waals surface area contributed by atoms with E-state index in [0.717, 1.165) is 0 Å². The molecule has 7 heteroatoms. The molecular weight excluding hydrogens is 262 g/mol. The molecule has 1 aromatic rings. The minimum Gasteiger partial charge on any atom is -0.480 e. The van der Waals surface area contributed by atoms with Gasteiger partial charge in [0.1, 0.15) is 5.69 Å². The molecule has 1 saturated heterocycles. The highest BCUT2D eigenvalue weighted by Gasteiger charge is 2.24. The molecule has 2 heterocycles. The summed E-state index contributed by atoms with van der Waals surface area (Å²) >= 11 is 0. The third-order valence-electron chi connectivity index (χ3n) is 3.34. The van der Waals surface area contributed by atoms with Crippen molar-refractivity contribution in [2.24, 2.45) is 0 Å². The molecule has 1 aromatic heterocycles. The zero-order chi connectivity index (χ0) is 14.7. The van der Waals surface area contributed by atoms with Gasteiger partial charge in [-0.2, -0.15) is 0 Å². The summed E-state index contributed by atoms with van der Waals surface area (Å²) in [6, 6.07) is 1.55. The van der Waals surface area contributed by atoms with Gasteiger partial charge >= 0.3 is 5.97 Å². The van der Waals surface area contributed by atoms with Gasteiger partial charge in [-0.25, -0.2) is 0 Å². The van der Waals surface area contributed by atoms with Crippen LogP contribution in [0.3, 0.4) is 0 Å². The quantitative estimate of drug-likeness (QED) is 0.760. The number of carboxylic acids is 1. The second-order valence-electron chi connectivity index (χ2n) is 4.82. The molecule has 0 atom stereocenters. The standard InChI is InChI=1S/C13H17N3O4/c1-9(17)10-6-11(14-7-10)13(20)16-4-2-15(3-5-16)8-12(18)19/h6-7,14H,2-5,8H2,1H3,(H,18,19). The molecule has 1 aliphatic heterocycles. The van der Waals surface area contributed by atoms with E-state index in [4.69, 9.17) is 5.11 Å².